The molecule has 8 nitrogen and oxygen atoms in total. The predicted octanol–water partition coefficient (Wildman–Crippen LogP) is 3.81. The van der Waals surface area contributed by atoms with Crippen molar-refractivity contribution < 1.29 is 18.8 Å². The molecule has 0 aliphatic carbocycles. The fourth-order valence-electron chi connectivity index (χ4n) is 5.23. The maximum Gasteiger partial charge on any atom is 0.259 e. The van der Waals surface area contributed by atoms with Gasteiger partial charge in [-0.25, -0.2) is 0 Å². The molecule has 4 aromatic rings. The third-order valence-corrected chi connectivity index (χ3v) is 6.88. The second kappa shape index (κ2) is 8.95. The molecule has 2 aliphatic rings. The van der Waals surface area contributed by atoms with Gasteiger partial charge in [0.1, 0.15) is 5.58 Å². The van der Waals surface area contributed by atoms with Crippen LogP contribution in [0.3, 0.4) is 0 Å². The Labute approximate surface area is 213 Å². The number of para-hydroxylation sites is 1. The lowest BCUT2D eigenvalue weighted by Gasteiger charge is -2.27. The summed E-state index contributed by atoms with van der Waals surface area (Å²) < 4.78 is 7.75. The van der Waals surface area contributed by atoms with Gasteiger partial charge in [-0.2, -0.15) is 0 Å². The van der Waals surface area contributed by atoms with Gasteiger partial charge in [0, 0.05) is 66.0 Å². The molecule has 36 heavy (non-hydrogen) atoms. The number of furan rings is 1. The molecule has 0 fully saturated rings. The molecular weight excluding hydrogens is 480 g/mol. The van der Waals surface area contributed by atoms with E-state index in [9.17, 15) is 14.4 Å². The van der Waals surface area contributed by atoms with Crippen molar-refractivity contribution in [3.8, 4) is 0 Å². The van der Waals surface area contributed by atoms with Crippen LogP contribution < -0.4 is 5.32 Å². The number of hydrogen-bond acceptors (Lipinski definition) is 5. The molecule has 0 unspecified atom stereocenters. The van der Waals surface area contributed by atoms with E-state index >= 15 is 0 Å². The molecule has 2 aliphatic heterocycles. The molecule has 6 rings (SSSR count). The molecule has 1 aromatic carbocycles. The first-order chi connectivity index (χ1) is 16.9. The van der Waals surface area contributed by atoms with Crippen LogP contribution in [-0.4, -0.2) is 45.3 Å². The molecule has 184 valence electrons. The van der Waals surface area contributed by atoms with Crippen molar-refractivity contribution in [2.24, 2.45) is 5.92 Å². The standard InChI is InChI=1S/C27H24N4O4.ClH/c1-15(2)27(34)30-8-6-16-4-3-5-18-20(14-31(10-9-30)23(16)18)22-21(25(32)29-26(22)33)19-13-28-12-17-7-11-35-24(17)19;/h3-5,7,11-15H,6,8-10H2,1-2H3,(H,29,32,33);1H. The summed E-state index contributed by atoms with van der Waals surface area (Å²) >= 11 is 0. The Hall–Kier alpha value is -3.91. The number of carbonyl (C=O) groups is 3. The lowest BCUT2D eigenvalue weighted by atomic mass is 9.95. The summed E-state index contributed by atoms with van der Waals surface area (Å²) in [5.74, 6) is -0.836. The summed E-state index contributed by atoms with van der Waals surface area (Å²) in [5, 5.41) is 4.13. The highest BCUT2D eigenvalue weighted by atomic mass is 35.5. The smallest absolute Gasteiger partial charge is 0.259 e. The summed E-state index contributed by atoms with van der Waals surface area (Å²) in [4.78, 5) is 45.0. The average Bonchev–Trinajstić information content (AvgIpc) is 3.52. The maximum absolute atomic E-state index is 13.1. The van der Waals surface area contributed by atoms with E-state index in [4.69, 9.17) is 4.42 Å². The second-order valence-corrected chi connectivity index (χ2v) is 9.34. The van der Waals surface area contributed by atoms with Crippen LogP contribution in [0.2, 0.25) is 0 Å². The Kier molecular flexibility index (Phi) is 5.92. The van der Waals surface area contributed by atoms with Gasteiger partial charge in [0.2, 0.25) is 5.91 Å². The molecular formula is C27H25ClN4O4. The number of aromatic nitrogens is 2. The van der Waals surface area contributed by atoms with E-state index in [-0.39, 0.29) is 29.8 Å². The van der Waals surface area contributed by atoms with Gasteiger partial charge in [-0.1, -0.05) is 32.0 Å². The minimum absolute atomic E-state index is 0. The van der Waals surface area contributed by atoms with Gasteiger partial charge < -0.3 is 13.9 Å². The lowest BCUT2D eigenvalue weighted by molar-refractivity contribution is -0.134. The Bertz CT molecular complexity index is 1580. The zero-order valence-electron chi connectivity index (χ0n) is 19.9. The topological polar surface area (TPSA) is 97.4 Å². The first-order valence-corrected chi connectivity index (χ1v) is 11.8. The van der Waals surface area contributed by atoms with Gasteiger partial charge in [-0.15, -0.1) is 12.4 Å². The summed E-state index contributed by atoms with van der Waals surface area (Å²) in [7, 11) is 0. The summed E-state index contributed by atoms with van der Waals surface area (Å²) in [6.45, 7) is 5.66. The van der Waals surface area contributed by atoms with Gasteiger partial charge in [-0.3, -0.25) is 24.7 Å². The second-order valence-electron chi connectivity index (χ2n) is 9.34. The molecule has 9 heteroatoms. The molecule has 1 N–H and O–H groups in total. The van der Waals surface area contributed by atoms with E-state index in [1.54, 1.807) is 24.7 Å². The molecule has 0 atom stereocenters. The summed E-state index contributed by atoms with van der Waals surface area (Å²) in [6, 6.07) is 7.79. The number of halogens is 1. The predicted molar refractivity (Wildman–Crippen MR) is 138 cm³/mol. The van der Waals surface area contributed by atoms with Crippen molar-refractivity contribution in [1.82, 2.24) is 19.8 Å². The van der Waals surface area contributed by atoms with Crippen molar-refractivity contribution in [1.29, 1.82) is 0 Å². The molecule has 3 amide bonds. The fraction of sp³-hybridized carbons (Fsp3) is 0.259. The van der Waals surface area contributed by atoms with Crippen LogP contribution in [0.4, 0.5) is 0 Å². The first kappa shape index (κ1) is 23.8. The van der Waals surface area contributed by atoms with Crippen LogP contribution in [0.5, 0.6) is 0 Å². The molecule has 0 radical (unpaired) electrons. The lowest BCUT2D eigenvalue weighted by Crippen LogP contribution is -2.39. The zero-order valence-corrected chi connectivity index (χ0v) is 20.7. The van der Waals surface area contributed by atoms with Crippen LogP contribution >= 0.6 is 12.4 Å². The number of fused-ring (bicyclic) bond motifs is 1. The highest BCUT2D eigenvalue weighted by Crippen LogP contribution is 2.39. The number of imide groups is 1. The van der Waals surface area contributed by atoms with Gasteiger partial charge in [-0.05, 0) is 18.1 Å². The van der Waals surface area contributed by atoms with Gasteiger partial charge in [0.15, 0.2) is 0 Å². The normalized spacial score (nSPS) is 15.9. The van der Waals surface area contributed by atoms with Gasteiger partial charge >= 0.3 is 0 Å². The number of nitrogens with zero attached hydrogens (tertiary/aromatic N) is 3. The van der Waals surface area contributed by atoms with E-state index in [0.29, 0.717) is 48.3 Å². The van der Waals surface area contributed by atoms with Gasteiger partial charge in [0.25, 0.3) is 11.8 Å². The summed E-state index contributed by atoms with van der Waals surface area (Å²) in [6.07, 6.45) is 7.41. The monoisotopic (exact) mass is 504 g/mol. The van der Waals surface area contributed by atoms with Crippen molar-refractivity contribution in [2.75, 3.05) is 13.1 Å². The van der Waals surface area contributed by atoms with Crippen LogP contribution in [0.25, 0.3) is 33.0 Å². The van der Waals surface area contributed by atoms with E-state index < -0.39 is 11.8 Å². The maximum atomic E-state index is 13.1. The average molecular weight is 505 g/mol. The van der Waals surface area contributed by atoms with Crippen molar-refractivity contribution in [2.45, 2.75) is 26.8 Å². The molecule has 0 saturated carbocycles. The fourth-order valence-corrected chi connectivity index (χ4v) is 5.23. The molecule has 0 saturated heterocycles. The molecule has 3 aromatic heterocycles. The van der Waals surface area contributed by atoms with Crippen LogP contribution in [-0.2, 0) is 27.3 Å². The minimum atomic E-state index is -0.467. The number of benzene rings is 1. The molecule has 5 heterocycles. The number of hydrogen-bond donors (Lipinski definition) is 1. The number of amides is 3. The van der Waals surface area contributed by atoms with E-state index in [2.05, 4.69) is 20.9 Å². The third-order valence-electron chi connectivity index (χ3n) is 6.88. The quantitative estimate of drug-likeness (QED) is 0.428. The first-order valence-electron chi connectivity index (χ1n) is 11.8. The SMILES string of the molecule is CC(C)C(=O)N1CCc2cccc3c(C4=C(c5cncc6ccoc56)C(=O)NC4=O)cn(c23)CC1.Cl. The Balaban J connectivity index is 0.00000267. The highest BCUT2D eigenvalue weighted by Gasteiger charge is 2.36. The number of pyridine rings is 1. The Morgan fingerprint density at radius 3 is 2.58 bits per heavy atom. The van der Waals surface area contributed by atoms with E-state index in [1.165, 1.54) is 0 Å². The van der Waals surface area contributed by atoms with Crippen LogP contribution in [0.1, 0.15) is 30.5 Å². The van der Waals surface area contributed by atoms with Crippen LogP contribution in [0.15, 0.2) is 53.5 Å². The van der Waals surface area contributed by atoms with Crippen molar-refractivity contribution in [3.05, 3.63) is 65.8 Å². The van der Waals surface area contributed by atoms with Crippen LogP contribution in [0, 0.1) is 5.92 Å². The zero-order chi connectivity index (χ0) is 24.3. The van der Waals surface area contributed by atoms with Gasteiger partial charge in [0.05, 0.1) is 22.9 Å². The molecule has 0 bridgehead atoms. The Morgan fingerprint density at radius 1 is 1.03 bits per heavy atom. The number of nitrogens with one attached hydrogen (secondary N) is 1. The van der Waals surface area contributed by atoms with E-state index in [0.717, 1.165) is 21.9 Å². The largest absolute Gasteiger partial charge is 0.464 e. The molecule has 0 spiro atoms. The number of carbonyl (C=O) groups excluding carboxylic acids is 3. The number of rotatable bonds is 3. The van der Waals surface area contributed by atoms with Crippen molar-refractivity contribution >= 4 is 63.1 Å². The van der Waals surface area contributed by atoms with Crippen molar-refractivity contribution in [3.63, 3.8) is 0 Å². The minimum Gasteiger partial charge on any atom is -0.464 e. The highest BCUT2D eigenvalue weighted by molar-refractivity contribution is 6.50. The third kappa shape index (κ3) is 3.60. The van der Waals surface area contributed by atoms with E-state index in [1.807, 2.05) is 37.1 Å². The summed E-state index contributed by atoms with van der Waals surface area (Å²) in [5.41, 5.74) is 4.41. The Morgan fingerprint density at radius 2 is 1.81 bits per heavy atom.